The van der Waals surface area contributed by atoms with Crippen LogP contribution in [-0.2, 0) is 11.2 Å². The van der Waals surface area contributed by atoms with E-state index in [2.05, 4.69) is 13.8 Å². The van der Waals surface area contributed by atoms with E-state index in [1.165, 1.54) is 5.56 Å². The van der Waals surface area contributed by atoms with Gasteiger partial charge in [0, 0.05) is 0 Å². The first-order valence-corrected chi connectivity index (χ1v) is 4.93. The van der Waals surface area contributed by atoms with E-state index in [9.17, 15) is 4.79 Å². The van der Waals surface area contributed by atoms with Crippen LogP contribution < -0.4 is 5.73 Å². The van der Waals surface area contributed by atoms with E-state index < -0.39 is 6.04 Å². The van der Waals surface area contributed by atoms with Crippen molar-refractivity contribution in [3.63, 3.8) is 0 Å². The molecule has 0 fully saturated rings. The SMILES string of the molecule is CC(C)Cc1ccc(C(N)C=O)cc1. The fourth-order valence-electron chi connectivity index (χ4n) is 1.43. The number of carbonyl (C=O) groups is 1. The fourth-order valence-corrected chi connectivity index (χ4v) is 1.43. The number of hydrogen-bond acceptors (Lipinski definition) is 2. The van der Waals surface area contributed by atoms with E-state index in [-0.39, 0.29) is 0 Å². The van der Waals surface area contributed by atoms with Gasteiger partial charge in [-0.05, 0) is 23.5 Å². The van der Waals surface area contributed by atoms with Crippen LogP contribution in [0.5, 0.6) is 0 Å². The third-order valence-electron chi connectivity index (χ3n) is 2.16. The van der Waals surface area contributed by atoms with Crippen molar-refractivity contribution in [2.75, 3.05) is 0 Å². The predicted molar refractivity (Wildman–Crippen MR) is 58.0 cm³/mol. The Labute approximate surface area is 85.1 Å². The number of nitrogens with two attached hydrogens (primary N) is 1. The molecule has 1 unspecified atom stereocenters. The molecule has 0 saturated heterocycles. The zero-order valence-electron chi connectivity index (χ0n) is 8.73. The van der Waals surface area contributed by atoms with Crippen molar-refractivity contribution in [3.05, 3.63) is 35.4 Å². The van der Waals surface area contributed by atoms with E-state index in [4.69, 9.17) is 5.73 Å². The predicted octanol–water partition coefficient (Wildman–Crippen LogP) is 2.08. The molecule has 0 bridgehead atoms. The molecule has 2 N–H and O–H groups in total. The highest BCUT2D eigenvalue weighted by Crippen LogP contribution is 2.12. The van der Waals surface area contributed by atoms with Crippen molar-refractivity contribution in [1.29, 1.82) is 0 Å². The van der Waals surface area contributed by atoms with Crippen molar-refractivity contribution < 1.29 is 4.79 Å². The van der Waals surface area contributed by atoms with Crippen LogP contribution in [0.2, 0.25) is 0 Å². The zero-order valence-corrected chi connectivity index (χ0v) is 8.73. The molecule has 0 radical (unpaired) electrons. The first-order valence-electron chi connectivity index (χ1n) is 4.93. The summed E-state index contributed by atoms with van der Waals surface area (Å²) in [5.74, 6) is 0.653. The summed E-state index contributed by atoms with van der Waals surface area (Å²) >= 11 is 0. The van der Waals surface area contributed by atoms with E-state index in [0.29, 0.717) is 5.92 Å². The monoisotopic (exact) mass is 191 g/mol. The van der Waals surface area contributed by atoms with E-state index in [1.807, 2.05) is 24.3 Å². The Balaban J connectivity index is 2.73. The second kappa shape index (κ2) is 4.91. The minimum atomic E-state index is -0.483. The Morgan fingerprint density at radius 1 is 1.29 bits per heavy atom. The lowest BCUT2D eigenvalue weighted by molar-refractivity contribution is -0.109. The molecule has 0 aliphatic rings. The maximum Gasteiger partial charge on any atom is 0.141 e. The molecule has 0 spiro atoms. The van der Waals surface area contributed by atoms with Gasteiger partial charge in [-0.15, -0.1) is 0 Å². The second-order valence-electron chi connectivity index (χ2n) is 4.00. The van der Waals surface area contributed by atoms with Crippen molar-refractivity contribution in [1.82, 2.24) is 0 Å². The minimum Gasteiger partial charge on any atom is -0.318 e. The molecule has 1 aromatic carbocycles. The molecule has 0 saturated carbocycles. The molecule has 0 aliphatic carbocycles. The molecular weight excluding hydrogens is 174 g/mol. The maximum atomic E-state index is 10.4. The lowest BCUT2D eigenvalue weighted by Crippen LogP contribution is -2.11. The topological polar surface area (TPSA) is 43.1 Å². The third-order valence-corrected chi connectivity index (χ3v) is 2.16. The highest BCUT2D eigenvalue weighted by molar-refractivity contribution is 5.60. The van der Waals surface area contributed by atoms with Gasteiger partial charge in [-0.25, -0.2) is 0 Å². The second-order valence-corrected chi connectivity index (χ2v) is 4.00. The molecule has 0 aromatic heterocycles. The summed E-state index contributed by atoms with van der Waals surface area (Å²) < 4.78 is 0. The Morgan fingerprint density at radius 3 is 2.29 bits per heavy atom. The van der Waals surface area contributed by atoms with Crippen molar-refractivity contribution in [3.8, 4) is 0 Å². The Morgan fingerprint density at radius 2 is 1.86 bits per heavy atom. The van der Waals surface area contributed by atoms with E-state index in [0.717, 1.165) is 18.3 Å². The molecule has 2 heteroatoms. The summed E-state index contributed by atoms with van der Waals surface area (Å²) in [6.07, 6.45) is 1.83. The number of aldehydes is 1. The maximum absolute atomic E-state index is 10.4. The van der Waals surface area contributed by atoms with Crippen LogP contribution in [-0.4, -0.2) is 6.29 Å². The van der Waals surface area contributed by atoms with Crippen LogP contribution >= 0.6 is 0 Å². The van der Waals surface area contributed by atoms with Gasteiger partial charge in [0.05, 0.1) is 6.04 Å². The van der Waals surface area contributed by atoms with Gasteiger partial charge in [-0.3, -0.25) is 0 Å². The summed E-state index contributed by atoms with van der Waals surface area (Å²) in [6.45, 7) is 4.37. The Hall–Kier alpha value is -1.15. The van der Waals surface area contributed by atoms with Crippen molar-refractivity contribution >= 4 is 6.29 Å². The van der Waals surface area contributed by atoms with Crippen LogP contribution in [0.4, 0.5) is 0 Å². The summed E-state index contributed by atoms with van der Waals surface area (Å²) in [6, 6.07) is 7.45. The van der Waals surface area contributed by atoms with Gasteiger partial charge in [0.15, 0.2) is 0 Å². The molecule has 0 aliphatic heterocycles. The number of benzene rings is 1. The van der Waals surface area contributed by atoms with Crippen LogP contribution in [0.3, 0.4) is 0 Å². The Kier molecular flexibility index (Phi) is 3.84. The first kappa shape index (κ1) is 10.9. The lowest BCUT2D eigenvalue weighted by atomic mass is 10.00. The average Bonchev–Trinajstić information content (AvgIpc) is 2.17. The van der Waals surface area contributed by atoms with E-state index >= 15 is 0 Å². The van der Waals surface area contributed by atoms with Crippen molar-refractivity contribution in [2.24, 2.45) is 11.7 Å². The summed E-state index contributed by atoms with van der Waals surface area (Å²) in [7, 11) is 0. The number of rotatable bonds is 4. The summed E-state index contributed by atoms with van der Waals surface area (Å²) in [4.78, 5) is 10.4. The summed E-state index contributed by atoms with van der Waals surface area (Å²) in [5.41, 5.74) is 7.75. The first-order chi connectivity index (χ1) is 6.63. The van der Waals surface area contributed by atoms with Crippen LogP contribution in [0.25, 0.3) is 0 Å². The molecule has 2 nitrogen and oxygen atoms in total. The van der Waals surface area contributed by atoms with Gasteiger partial charge >= 0.3 is 0 Å². The third kappa shape index (κ3) is 2.96. The van der Waals surface area contributed by atoms with Crippen LogP contribution in [0, 0.1) is 5.92 Å². The van der Waals surface area contributed by atoms with Gasteiger partial charge in [-0.1, -0.05) is 38.1 Å². The lowest BCUT2D eigenvalue weighted by Gasteiger charge is -2.07. The fraction of sp³-hybridized carbons (Fsp3) is 0.417. The standard InChI is InChI=1S/C12H17NO/c1-9(2)7-10-3-5-11(6-4-10)12(13)8-14/h3-6,8-9,12H,7,13H2,1-2H3. The Bertz CT molecular complexity index is 290. The van der Waals surface area contributed by atoms with Crippen LogP contribution in [0.1, 0.15) is 31.0 Å². The molecule has 76 valence electrons. The quantitative estimate of drug-likeness (QED) is 0.740. The van der Waals surface area contributed by atoms with Crippen LogP contribution in [0.15, 0.2) is 24.3 Å². The van der Waals surface area contributed by atoms with Gasteiger partial charge in [0.2, 0.25) is 0 Å². The molecule has 1 aromatic rings. The number of hydrogen-bond donors (Lipinski definition) is 1. The molecular formula is C12H17NO. The molecule has 0 amide bonds. The highest BCUT2D eigenvalue weighted by atomic mass is 16.1. The average molecular weight is 191 g/mol. The van der Waals surface area contributed by atoms with E-state index in [1.54, 1.807) is 0 Å². The molecule has 1 atom stereocenters. The highest BCUT2D eigenvalue weighted by Gasteiger charge is 2.03. The molecule has 0 heterocycles. The van der Waals surface area contributed by atoms with Gasteiger partial charge in [0.25, 0.3) is 0 Å². The summed E-state index contributed by atoms with van der Waals surface area (Å²) in [5, 5.41) is 0. The zero-order chi connectivity index (χ0) is 10.6. The van der Waals surface area contributed by atoms with Gasteiger partial charge < -0.3 is 10.5 Å². The van der Waals surface area contributed by atoms with Gasteiger partial charge in [0.1, 0.15) is 6.29 Å². The molecule has 1 rings (SSSR count). The van der Waals surface area contributed by atoms with Gasteiger partial charge in [-0.2, -0.15) is 0 Å². The smallest absolute Gasteiger partial charge is 0.141 e. The van der Waals surface area contributed by atoms with Crippen molar-refractivity contribution in [2.45, 2.75) is 26.3 Å². The number of carbonyl (C=O) groups excluding carboxylic acids is 1. The minimum absolute atomic E-state index is 0.483. The largest absolute Gasteiger partial charge is 0.318 e. The normalized spacial score (nSPS) is 12.9. The molecule has 14 heavy (non-hydrogen) atoms.